The van der Waals surface area contributed by atoms with Crippen LogP contribution < -0.4 is 4.90 Å². The summed E-state index contributed by atoms with van der Waals surface area (Å²) in [6.45, 7) is 5.49. The lowest BCUT2D eigenvalue weighted by atomic mass is 10.0. The van der Waals surface area contributed by atoms with Gasteiger partial charge in [-0.25, -0.2) is 0 Å². The number of nitrogens with one attached hydrogen (secondary N) is 1. The third kappa shape index (κ3) is 3.32. The number of benzene rings is 1. The molecule has 0 aliphatic carbocycles. The first kappa shape index (κ1) is 16.3. The number of piperidine rings is 1. The standard InChI is InChI=1S/C19H22N4OS/c1-15-7-5-11-21(13-15)14-22-19(25)23(16-8-3-2-4-9-16)18(20-22)17-10-6-12-24-17/h2-4,6,8-10,12,15H,5,7,11,13-14H2,1H3/p+1/t15-/m1/s1. The number of likely N-dealkylation sites (tertiary alicyclic amines) is 1. The van der Waals surface area contributed by atoms with Crippen LogP contribution in [-0.2, 0) is 6.67 Å². The highest BCUT2D eigenvalue weighted by Gasteiger charge is 2.23. The fourth-order valence-corrected chi connectivity index (χ4v) is 3.94. The smallest absolute Gasteiger partial charge is 0.207 e. The molecule has 5 nitrogen and oxygen atoms in total. The second kappa shape index (κ2) is 6.98. The maximum atomic E-state index is 5.78. The van der Waals surface area contributed by atoms with Gasteiger partial charge < -0.3 is 9.32 Å². The summed E-state index contributed by atoms with van der Waals surface area (Å²) in [5.74, 6) is 2.25. The first-order valence-electron chi connectivity index (χ1n) is 8.85. The van der Waals surface area contributed by atoms with E-state index in [0.717, 1.165) is 29.9 Å². The molecule has 3 heterocycles. The van der Waals surface area contributed by atoms with Crippen molar-refractivity contribution >= 4 is 12.2 Å². The highest BCUT2D eigenvalue weighted by Crippen LogP contribution is 2.22. The fourth-order valence-electron chi connectivity index (χ4n) is 3.64. The molecule has 0 spiro atoms. The van der Waals surface area contributed by atoms with Gasteiger partial charge in [0, 0.05) is 5.92 Å². The van der Waals surface area contributed by atoms with E-state index in [1.807, 2.05) is 51.7 Å². The predicted molar refractivity (Wildman–Crippen MR) is 99.2 cm³/mol. The molecule has 1 saturated heterocycles. The van der Waals surface area contributed by atoms with Crippen molar-refractivity contribution in [3.63, 3.8) is 0 Å². The minimum atomic E-state index is 0.711. The maximum Gasteiger partial charge on any atom is 0.207 e. The Morgan fingerprint density at radius 1 is 1.24 bits per heavy atom. The van der Waals surface area contributed by atoms with Gasteiger partial charge >= 0.3 is 0 Å². The third-order valence-corrected chi connectivity index (χ3v) is 5.23. The van der Waals surface area contributed by atoms with Gasteiger partial charge in [0.15, 0.2) is 12.4 Å². The van der Waals surface area contributed by atoms with Crippen LogP contribution in [0.15, 0.2) is 53.1 Å². The normalized spacial score (nSPS) is 20.7. The SMILES string of the molecule is C[C@@H]1CCC[NH+](Cn2nc(-c3ccco3)n(-c3ccccc3)c2=S)C1. The largest absolute Gasteiger partial charge is 0.461 e. The van der Waals surface area contributed by atoms with Crippen molar-refractivity contribution in [2.45, 2.75) is 26.4 Å². The van der Waals surface area contributed by atoms with Crippen LogP contribution in [0.25, 0.3) is 17.3 Å². The van der Waals surface area contributed by atoms with Crippen molar-refractivity contribution in [1.82, 2.24) is 14.3 Å². The van der Waals surface area contributed by atoms with Gasteiger partial charge in [0.2, 0.25) is 10.6 Å². The first-order valence-corrected chi connectivity index (χ1v) is 9.26. The molecule has 0 bridgehead atoms. The Balaban J connectivity index is 1.75. The molecule has 0 amide bonds. The summed E-state index contributed by atoms with van der Waals surface area (Å²) in [5, 5.41) is 4.81. The van der Waals surface area contributed by atoms with Gasteiger partial charge in [-0.15, -0.1) is 5.10 Å². The van der Waals surface area contributed by atoms with Gasteiger partial charge in [0.05, 0.1) is 25.0 Å². The molecule has 2 atom stereocenters. The van der Waals surface area contributed by atoms with Gasteiger partial charge in [0.25, 0.3) is 0 Å². The number of hydrogen-bond acceptors (Lipinski definition) is 3. The second-order valence-electron chi connectivity index (χ2n) is 6.86. The van der Waals surface area contributed by atoms with Crippen molar-refractivity contribution in [3.05, 3.63) is 53.5 Å². The molecule has 25 heavy (non-hydrogen) atoms. The molecule has 1 fully saturated rings. The van der Waals surface area contributed by atoms with Crippen LogP contribution in [0, 0.1) is 10.7 Å². The van der Waals surface area contributed by atoms with Gasteiger partial charge in [-0.3, -0.25) is 4.57 Å². The van der Waals surface area contributed by atoms with Crippen LogP contribution in [0.1, 0.15) is 19.8 Å². The number of rotatable bonds is 4. The Hall–Kier alpha value is -2.18. The molecule has 2 aromatic heterocycles. The van der Waals surface area contributed by atoms with Crippen LogP contribution >= 0.6 is 12.2 Å². The van der Waals surface area contributed by atoms with Crippen LogP contribution in [0.2, 0.25) is 0 Å². The Morgan fingerprint density at radius 3 is 2.80 bits per heavy atom. The molecular weight excluding hydrogens is 332 g/mol. The molecule has 1 aliphatic rings. The number of para-hydroxylation sites is 1. The minimum Gasteiger partial charge on any atom is -0.461 e. The molecule has 0 saturated carbocycles. The summed E-state index contributed by atoms with van der Waals surface area (Å²) in [7, 11) is 0. The van der Waals surface area contributed by atoms with E-state index in [9.17, 15) is 0 Å². The number of furan rings is 1. The fraction of sp³-hybridized carbons (Fsp3) is 0.368. The van der Waals surface area contributed by atoms with Gasteiger partial charge in [-0.1, -0.05) is 25.1 Å². The van der Waals surface area contributed by atoms with Crippen molar-refractivity contribution in [3.8, 4) is 17.3 Å². The van der Waals surface area contributed by atoms with Crippen molar-refractivity contribution < 1.29 is 9.32 Å². The minimum absolute atomic E-state index is 0.711. The van der Waals surface area contributed by atoms with Gasteiger partial charge in [0.1, 0.15) is 0 Å². The van der Waals surface area contributed by atoms with E-state index in [-0.39, 0.29) is 0 Å². The first-order chi connectivity index (χ1) is 12.2. The summed E-state index contributed by atoms with van der Waals surface area (Å²) in [6, 6.07) is 13.9. The Labute approximate surface area is 152 Å². The molecule has 1 aromatic carbocycles. The Morgan fingerprint density at radius 2 is 2.08 bits per heavy atom. The lowest BCUT2D eigenvalue weighted by molar-refractivity contribution is -0.931. The van der Waals surface area contributed by atoms with Gasteiger partial charge in [-0.2, -0.15) is 4.68 Å². The molecule has 130 valence electrons. The molecular formula is C19H23N4OS+. The van der Waals surface area contributed by atoms with E-state index >= 15 is 0 Å². The highest BCUT2D eigenvalue weighted by molar-refractivity contribution is 7.71. The van der Waals surface area contributed by atoms with Crippen molar-refractivity contribution in [2.75, 3.05) is 13.1 Å². The number of quaternary nitrogens is 1. The van der Waals surface area contributed by atoms with E-state index in [1.165, 1.54) is 25.9 Å². The monoisotopic (exact) mass is 355 g/mol. The topological polar surface area (TPSA) is 40.3 Å². The quantitative estimate of drug-likeness (QED) is 0.732. The van der Waals surface area contributed by atoms with Crippen LogP contribution in [0.5, 0.6) is 0 Å². The third-order valence-electron chi connectivity index (χ3n) is 4.83. The predicted octanol–water partition coefficient (Wildman–Crippen LogP) is 2.94. The summed E-state index contributed by atoms with van der Waals surface area (Å²) in [5.41, 5.74) is 1.01. The zero-order valence-corrected chi connectivity index (χ0v) is 15.2. The summed E-state index contributed by atoms with van der Waals surface area (Å²) < 4.78 is 10.3. The van der Waals surface area contributed by atoms with E-state index < -0.39 is 0 Å². The molecule has 3 aromatic rings. The lowest BCUT2D eigenvalue weighted by Gasteiger charge is -2.27. The molecule has 4 rings (SSSR count). The maximum absolute atomic E-state index is 5.78. The zero-order valence-electron chi connectivity index (χ0n) is 14.4. The van der Waals surface area contributed by atoms with Crippen molar-refractivity contribution in [1.29, 1.82) is 0 Å². The zero-order chi connectivity index (χ0) is 17.2. The Kier molecular flexibility index (Phi) is 4.55. The van der Waals surface area contributed by atoms with Crippen LogP contribution in [0.4, 0.5) is 0 Å². The second-order valence-corrected chi connectivity index (χ2v) is 7.23. The summed E-state index contributed by atoms with van der Waals surface area (Å²) in [6.07, 6.45) is 4.27. The van der Waals surface area contributed by atoms with E-state index in [0.29, 0.717) is 4.77 Å². The summed E-state index contributed by atoms with van der Waals surface area (Å²) in [4.78, 5) is 1.54. The molecule has 0 radical (unpaired) electrons. The average molecular weight is 355 g/mol. The van der Waals surface area contributed by atoms with E-state index in [2.05, 4.69) is 6.92 Å². The van der Waals surface area contributed by atoms with Crippen LogP contribution in [0.3, 0.4) is 0 Å². The molecule has 6 heteroatoms. The molecule has 1 aliphatic heterocycles. The van der Waals surface area contributed by atoms with Gasteiger partial charge in [-0.05, 0) is 49.3 Å². The molecule has 1 unspecified atom stereocenters. The Bertz CT molecular complexity index is 882. The number of aromatic nitrogens is 3. The lowest BCUT2D eigenvalue weighted by Crippen LogP contribution is -3.12. The van der Waals surface area contributed by atoms with E-state index in [1.54, 1.807) is 11.2 Å². The number of nitrogens with zero attached hydrogens (tertiary/aromatic N) is 3. The van der Waals surface area contributed by atoms with E-state index in [4.69, 9.17) is 21.7 Å². The highest BCUT2D eigenvalue weighted by atomic mass is 32.1. The number of hydrogen-bond donors (Lipinski definition) is 1. The molecule has 1 N–H and O–H groups in total. The average Bonchev–Trinajstić information content (AvgIpc) is 3.25. The summed E-state index contributed by atoms with van der Waals surface area (Å²) >= 11 is 5.78. The van der Waals surface area contributed by atoms with Crippen molar-refractivity contribution in [2.24, 2.45) is 5.92 Å². The van der Waals surface area contributed by atoms with Crippen LogP contribution in [-0.4, -0.2) is 27.4 Å².